The van der Waals surface area contributed by atoms with Crippen LogP contribution in [0, 0.1) is 0 Å². The number of para-hydroxylation sites is 2. The van der Waals surface area contributed by atoms with E-state index in [9.17, 15) is 0 Å². The summed E-state index contributed by atoms with van der Waals surface area (Å²) in [7, 11) is 0. The Morgan fingerprint density at radius 2 is 1.48 bits per heavy atom. The van der Waals surface area contributed by atoms with Crippen molar-refractivity contribution in [2.24, 2.45) is 0 Å². The lowest BCUT2D eigenvalue weighted by Gasteiger charge is -2.01. The minimum atomic E-state index is 0.0538. The number of rotatable bonds is 1. The molecule has 0 amide bonds. The molecule has 0 spiro atoms. The lowest BCUT2D eigenvalue weighted by molar-refractivity contribution is 0.669. The molecule has 4 rings (SSSR count). The van der Waals surface area contributed by atoms with Crippen LogP contribution in [0.5, 0.6) is 0 Å². The maximum Gasteiger partial charge on any atom is 0.227 e. The third-order valence-electron chi connectivity index (χ3n) is 3.23. The van der Waals surface area contributed by atoms with Crippen molar-refractivity contribution in [3.05, 3.63) is 53.0 Å². The van der Waals surface area contributed by atoms with E-state index >= 15 is 0 Å². The molecule has 0 aliphatic rings. The normalized spacial score (nSPS) is 11.3. The average Bonchev–Trinajstić information content (AvgIpc) is 2.84. The first-order chi connectivity index (χ1) is 10.2. The molecule has 102 valence electrons. The van der Waals surface area contributed by atoms with Crippen LogP contribution in [0.2, 0.25) is 10.6 Å². The number of fused-ring (bicyclic) bond motifs is 3. The summed E-state index contributed by atoms with van der Waals surface area (Å²) in [4.78, 5) is 12.0. The lowest BCUT2D eigenvalue weighted by atomic mass is 10.1. The number of hydrogen-bond acceptors (Lipinski definition) is 4. The Hall–Kier alpha value is -2.17. The van der Waals surface area contributed by atoms with Crippen LogP contribution < -0.4 is 0 Å². The van der Waals surface area contributed by atoms with E-state index in [2.05, 4.69) is 15.0 Å². The van der Waals surface area contributed by atoms with Crippen LogP contribution in [-0.4, -0.2) is 15.0 Å². The summed E-state index contributed by atoms with van der Waals surface area (Å²) in [6.45, 7) is 0. The van der Waals surface area contributed by atoms with Crippen LogP contribution >= 0.6 is 23.2 Å². The Morgan fingerprint density at radius 3 is 2.29 bits per heavy atom. The third kappa shape index (κ3) is 2.04. The van der Waals surface area contributed by atoms with Gasteiger partial charge in [0.05, 0.1) is 5.56 Å². The molecule has 2 aromatic carbocycles. The second-order valence-electron chi connectivity index (χ2n) is 4.48. The number of halogens is 2. The van der Waals surface area contributed by atoms with Gasteiger partial charge in [-0.2, -0.15) is 15.0 Å². The Morgan fingerprint density at radius 1 is 0.762 bits per heavy atom. The van der Waals surface area contributed by atoms with Crippen molar-refractivity contribution >= 4 is 45.1 Å². The van der Waals surface area contributed by atoms with Crippen molar-refractivity contribution in [2.75, 3.05) is 0 Å². The van der Waals surface area contributed by atoms with Crippen molar-refractivity contribution in [1.29, 1.82) is 0 Å². The Kier molecular flexibility index (Phi) is 2.80. The Balaban J connectivity index is 2.09. The summed E-state index contributed by atoms with van der Waals surface area (Å²) in [5, 5.41) is 2.15. The number of benzene rings is 2. The van der Waals surface area contributed by atoms with Gasteiger partial charge >= 0.3 is 0 Å². The zero-order valence-electron chi connectivity index (χ0n) is 10.5. The van der Waals surface area contributed by atoms with Crippen LogP contribution in [0.3, 0.4) is 0 Å². The van der Waals surface area contributed by atoms with Gasteiger partial charge in [0.15, 0.2) is 5.82 Å². The van der Waals surface area contributed by atoms with Gasteiger partial charge in [-0.1, -0.05) is 30.3 Å². The average molecular weight is 316 g/mol. The van der Waals surface area contributed by atoms with E-state index in [1.165, 1.54) is 0 Å². The largest absolute Gasteiger partial charge is 0.455 e. The van der Waals surface area contributed by atoms with Crippen LogP contribution in [0.25, 0.3) is 33.3 Å². The van der Waals surface area contributed by atoms with Crippen molar-refractivity contribution in [2.45, 2.75) is 0 Å². The van der Waals surface area contributed by atoms with Gasteiger partial charge in [-0.15, -0.1) is 0 Å². The SMILES string of the molecule is Clc1nc(Cl)nc(-c2cccc3c2oc2ccccc23)n1. The third-order valence-corrected chi connectivity index (χ3v) is 3.56. The molecule has 6 heteroatoms. The van der Waals surface area contributed by atoms with Crippen LogP contribution in [0.15, 0.2) is 46.9 Å². The molecule has 0 saturated carbocycles. The van der Waals surface area contributed by atoms with Crippen LogP contribution in [-0.2, 0) is 0 Å². The Bertz CT molecular complexity index is 961. The zero-order chi connectivity index (χ0) is 14.4. The summed E-state index contributed by atoms with van der Waals surface area (Å²) in [5.41, 5.74) is 2.25. The number of nitrogens with zero attached hydrogens (tertiary/aromatic N) is 3. The second kappa shape index (κ2) is 4.69. The minimum Gasteiger partial charge on any atom is -0.455 e. The number of hydrogen-bond donors (Lipinski definition) is 0. The van der Waals surface area contributed by atoms with Crippen molar-refractivity contribution < 1.29 is 4.42 Å². The molecule has 0 aliphatic carbocycles. The fraction of sp³-hybridized carbons (Fsp3) is 0. The summed E-state index contributed by atoms with van der Waals surface area (Å²) >= 11 is 11.7. The highest BCUT2D eigenvalue weighted by Gasteiger charge is 2.14. The highest BCUT2D eigenvalue weighted by molar-refractivity contribution is 6.31. The van der Waals surface area contributed by atoms with Crippen molar-refractivity contribution in [1.82, 2.24) is 15.0 Å². The first-order valence-corrected chi connectivity index (χ1v) is 6.96. The molecule has 0 radical (unpaired) electrons. The van der Waals surface area contributed by atoms with Gasteiger partial charge in [0.2, 0.25) is 10.6 Å². The van der Waals surface area contributed by atoms with Gasteiger partial charge < -0.3 is 4.42 Å². The molecule has 4 nitrogen and oxygen atoms in total. The van der Waals surface area contributed by atoms with E-state index in [4.69, 9.17) is 27.6 Å². The van der Waals surface area contributed by atoms with E-state index in [0.717, 1.165) is 21.9 Å². The summed E-state index contributed by atoms with van der Waals surface area (Å²) in [5.74, 6) is 0.393. The maximum atomic E-state index is 5.93. The molecule has 2 aromatic heterocycles. The zero-order valence-corrected chi connectivity index (χ0v) is 12.1. The van der Waals surface area contributed by atoms with E-state index < -0.39 is 0 Å². The van der Waals surface area contributed by atoms with Crippen molar-refractivity contribution in [3.63, 3.8) is 0 Å². The minimum absolute atomic E-state index is 0.0538. The van der Waals surface area contributed by atoms with Crippen LogP contribution in [0.4, 0.5) is 0 Å². The van der Waals surface area contributed by atoms with E-state index in [-0.39, 0.29) is 10.6 Å². The molecule has 4 aromatic rings. The molecule has 0 saturated heterocycles. The van der Waals surface area contributed by atoms with Crippen molar-refractivity contribution in [3.8, 4) is 11.4 Å². The maximum absolute atomic E-state index is 5.93. The predicted octanol–water partition coefficient (Wildman–Crippen LogP) is 4.74. The second-order valence-corrected chi connectivity index (χ2v) is 5.15. The van der Waals surface area contributed by atoms with Gasteiger partial charge in [-0.05, 0) is 35.3 Å². The Labute approximate surface area is 129 Å². The molecule has 0 unspecified atom stereocenters. The highest BCUT2D eigenvalue weighted by atomic mass is 35.5. The van der Waals surface area contributed by atoms with Gasteiger partial charge in [-0.25, -0.2) is 0 Å². The fourth-order valence-corrected chi connectivity index (χ4v) is 2.73. The molecular weight excluding hydrogens is 309 g/mol. The quantitative estimate of drug-likeness (QED) is 0.509. The molecular formula is C15H7Cl2N3O. The van der Waals surface area contributed by atoms with Gasteiger partial charge in [-0.3, -0.25) is 0 Å². The van der Waals surface area contributed by atoms with Gasteiger partial charge in [0, 0.05) is 10.8 Å². The predicted molar refractivity (Wildman–Crippen MR) is 82.6 cm³/mol. The molecule has 21 heavy (non-hydrogen) atoms. The first kappa shape index (κ1) is 12.6. The molecule has 0 fully saturated rings. The summed E-state index contributed by atoms with van der Waals surface area (Å²) < 4.78 is 5.93. The highest BCUT2D eigenvalue weighted by Crippen LogP contribution is 2.34. The number of furan rings is 1. The van der Waals surface area contributed by atoms with Gasteiger partial charge in [0.1, 0.15) is 11.2 Å². The van der Waals surface area contributed by atoms with E-state index in [0.29, 0.717) is 11.4 Å². The van der Waals surface area contributed by atoms with E-state index in [1.807, 2.05) is 42.5 Å². The number of aromatic nitrogens is 3. The lowest BCUT2D eigenvalue weighted by Crippen LogP contribution is -1.93. The smallest absolute Gasteiger partial charge is 0.227 e. The first-order valence-electron chi connectivity index (χ1n) is 6.20. The topological polar surface area (TPSA) is 51.8 Å². The molecule has 0 bridgehead atoms. The standard InChI is InChI=1S/C15H7Cl2N3O/c16-14-18-13(19-15(17)20-14)10-6-3-5-9-8-4-1-2-7-11(8)21-12(9)10/h1-7H. The molecule has 0 atom stereocenters. The monoisotopic (exact) mass is 315 g/mol. The molecule has 0 aliphatic heterocycles. The summed E-state index contributed by atoms with van der Waals surface area (Å²) in [6.07, 6.45) is 0. The van der Waals surface area contributed by atoms with E-state index in [1.54, 1.807) is 0 Å². The van der Waals surface area contributed by atoms with Gasteiger partial charge in [0.25, 0.3) is 0 Å². The summed E-state index contributed by atoms with van der Waals surface area (Å²) in [6, 6.07) is 13.6. The molecule has 2 heterocycles. The fourth-order valence-electron chi connectivity index (χ4n) is 2.37. The van der Waals surface area contributed by atoms with Crippen LogP contribution in [0.1, 0.15) is 0 Å². The molecule has 0 N–H and O–H groups in total.